The highest BCUT2D eigenvalue weighted by atomic mass is 35.5. The summed E-state index contributed by atoms with van der Waals surface area (Å²) in [7, 11) is -3.44. The third kappa shape index (κ3) is 3.32. The zero-order valence-corrected chi connectivity index (χ0v) is 16.6. The van der Waals surface area contributed by atoms with Gasteiger partial charge in [-0.3, -0.25) is 0 Å². The second-order valence-corrected chi connectivity index (χ2v) is 9.70. The van der Waals surface area contributed by atoms with Crippen molar-refractivity contribution in [2.24, 2.45) is 0 Å². The minimum absolute atomic E-state index is 0.353. The van der Waals surface area contributed by atoms with Crippen LogP contribution in [0.3, 0.4) is 0 Å². The van der Waals surface area contributed by atoms with Gasteiger partial charge in [-0.25, -0.2) is 13.4 Å². The van der Waals surface area contributed by atoms with Crippen LogP contribution < -0.4 is 4.90 Å². The lowest BCUT2D eigenvalue weighted by Gasteiger charge is -2.33. The fraction of sp³-hybridized carbons (Fsp3) is 0.278. The first-order chi connectivity index (χ1) is 12.4. The van der Waals surface area contributed by atoms with E-state index in [4.69, 9.17) is 11.6 Å². The molecule has 2 aromatic carbocycles. The SMILES string of the molecule is Cc1ccc(S(=O)(=O)N2CCN(c3nc4ccc(Cl)cc4s3)CC2)cc1. The maximum Gasteiger partial charge on any atom is 0.243 e. The topological polar surface area (TPSA) is 53.5 Å². The number of hydrogen-bond acceptors (Lipinski definition) is 5. The van der Waals surface area contributed by atoms with Crippen LogP contribution in [-0.2, 0) is 10.0 Å². The van der Waals surface area contributed by atoms with Gasteiger partial charge in [-0.15, -0.1) is 0 Å². The van der Waals surface area contributed by atoms with Crippen molar-refractivity contribution in [3.8, 4) is 0 Å². The molecule has 0 amide bonds. The molecule has 1 saturated heterocycles. The Balaban J connectivity index is 1.50. The van der Waals surface area contributed by atoms with Crippen molar-refractivity contribution in [1.82, 2.24) is 9.29 Å². The van der Waals surface area contributed by atoms with Crippen LogP contribution in [0.15, 0.2) is 47.4 Å². The molecule has 5 nitrogen and oxygen atoms in total. The summed E-state index contributed by atoms with van der Waals surface area (Å²) in [6, 6.07) is 12.7. The summed E-state index contributed by atoms with van der Waals surface area (Å²) in [5, 5.41) is 1.61. The number of piperazine rings is 1. The van der Waals surface area contributed by atoms with E-state index in [9.17, 15) is 8.42 Å². The molecule has 1 aromatic heterocycles. The van der Waals surface area contributed by atoms with Gasteiger partial charge in [-0.1, -0.05) is 40.6 Å². The number of fused-ring (bicyclic) bond motifs is 1. The Bertz CT molecular complexity index is 1040. The van der Waals surface area contributed by atoms with Gasteiger partial charge < -0.3 is 4.90 Å². The molecular weight excluding hydrogens is 390 g/mol. The zero-order chi connectivity index (χ0) is 18.3. The van der Waals surface area contributed by atoms with Crippen molar-refractivity contribution in [3.05, 3.63) is 53.1 Å². The van der Waals surface area contributed by atoms with Gasteiger partial charge in [0, 0.05) is 31.2 Å². The fourth-order valence-corrected chi connectivity index (χ4v) is 5.72. The molecular formula is C18H18ClN3O2S2. The van der Waals surface area contributed by atoms with Gasteiger partial charge in [0.15, 0.2) is 5.13 Å². The first-order valence-electron chi connectivity index (χ1n) is 8.31. The van der Waals surface area contributed by atoms with Gasteiger partial charge >= 0.3 is 0 Å². The molecule has 0 spiro atoms. The van der Waals surface area contributed by atoms with Crippen LogP contribution >= 0.6 is 22.9 Å². The van der Waals surface area contributed by atoms with Gasteiger partial charge in [-0.2, -0.15) is 4.31 Å². The lowest BCUT2D eigenvalue weighted by Crippen LogP contribution is -2.48. The van der Waals surface area contributed by atoms with Crippen molar-refractivity contribution in [2.45, 2.75) is 11.8 Å². The van der Waals surface area contributed by atoms with E-state index < -0.39 is 10.0 Å². The highest BCUT2D eigenvalue weighted by molar-refractivity contribution is 7.89. The molecule has 26 heavy (non-hydrogen) atoms. The molecule has 0 unspecified atom stereocenters. The first-order valence-corrected chi connectivity index (χ1v) is 10.9. The maximum atomic E-state index is 12.8. The Morgan fingerprint density at radius 1 is 1.04 bits per heavy atom. The molecule has 1 fully saturated rings. The van der Waals surface area contributed by atoms with Crippen molar-refractivity contribution < 1.29 is 8.42 Å². The Morgan fingerprint density at radius 2 is 1.73 bits per heavy atom. The first kappa shape index (κ1) is 17.7. The molecule has 0 aliphatic carbocycles. The molecule has 1 aliphatic rings. The van der Waals surface area contributed by atoms with Crippen LogP contribution in [0.25, 0.3) is 10.2 Å². The predicted molar refractivity (Wildman–Crippen MR) is 107 cm³/mol. The van der Waals surface area contributed by atoms with Crippen LogP contribution in [0.4, 0.5) is 5.13 Å². The molecule has 2 heterocycles. The van der Waals surface area contributed by atoms with Crippen molar-refractivity contribution in [1.29, 1.82) is 0 Å². The Morgan fingerprint density at radius 3 is 2.42 bits per heavy atom. The van der Waals surface area contributed by atoms with Crippen LogP contribution in [0, 0.1) is 6.92 Å². The predicted octanol–water partition coefficient (Wildman–Crippen LogP) is 3.77. The largest absolute Gasteiger partial charge is 0.345 e. The second-order valence-electron chi connectivity index (χ2n) is 6.31. The number of rotatable bonds is 3. The number of anilines is 1. The van der Waals surface area contributed by atoms with E-state index in [1.807, 2.05) is 37.3 Å². The highest BCUT2D eigenvalue weighted by Gasteiger charge is 2.29. The Labute approximate surface area is 161 Å². The van der Waals surface area contributed by atoms with Crippen LogP contribution in [-0.4, -0.2) is 43.9 Å². The third-order valence-corrected chi connectivity index (χ3v) is 7.73. The normalized spacial score (nSPS) is 16.3. The quantitative estimate of drug-likeness (QED) is 0.663. The van der Waals surface area contributed by atoms with E-state index in [2.05, 4.69) is 9.88 Å². The summed E-state index contributed by atoms with van der Waals surface area (Å²) in [5.41, 5.74) is 1.97. The van der Waals surface area contributed by atoms with Crippen molar-refractivity contribution >= 4 is 48.3 Å². The fourth-order valence-electron chi connectivity index (χ4n) is 3.00. The summed E-state index contributed by atoms with van der Waals surface area (Å²) in [4.78, 5) is 7.14. The van der Waals surface area contributed by atoms with Crippen LogP contribution in [0.1, 0.15) is 5.56 Å². The minimum atomic E-state index is -3.44. The Hall–Kier alpha value is -1.67. The van der Waals surface area contributed by atoms with Gasteiger partial charge in [0.2, 0.25) is 10.0 Å². The summed E-state index contributed by atoms with van der Waals surface area (Å²) in [6.45, 7) is 4.09. The third-order valence-electron chi connectivity index (χ3n) is 4.51. The molecule has 3 aromatic rings. The lowest BCUT2D eigenvalue weighted by atomic mass is 10.2. The number of thiazole rings is 1. The summed E-state index contributed by atoms with van der Waals surface area (Å²) < 4.78 is 28.2. The van der Waals surface area contributed by atoms with E-state index in [1.54, 1.807) is 27.8 Å². The van der Waals surface area contributed by atoms with Gasteiger partial charge in [0.05, 0.1) is 15.1 Å². The van der Waals surface area contributed by atoms with Crippen molar-refractivity contribution in [2.75, 3.05) is 31.1 Å². The van der Waals surface area contributed by atoms with Gasteiger partial charge in [0.25, 0.3) is 0 Å². The highest BCUT2D eigenvalue weighted by Crippen LogP contribution is 2.31. The van der Waals surface area contributed by atoms with Crippen molar-refractivity contribution in [3.63, 3.8) is 0 Å². The molecule has 136 valence electrons. The maximum absolute atomic E-state index is 12.8. The molecule has 4 rings (SSSR count). The monoisotopic (exact) mass is 407 g/mol. The average molecular weight is 408 g/mol. The number of sulfonamides is 1. The molecule has 8 heteroatoms. The standard InChI is InChI=1S/C18H18ClN3O2S2/c1-13-2-5-15(6-3-13)26(23,24)22-10-8-21(9-11-22)18-20-16-7-4-14(19)12-17(16)25-18/h2-7,12H,8-11H2,1H3. The lowest BCUT2D eigenvalue weighted by molar-refractivity contribution is 0.385. The smallest absolute Gasteiger partial charge is 0.243 e. The second kappa shape index (κ2) is 6.81. The molecule has 0 radical (unpaired) electrons. The van der Waals surface area contributed by atoms with Crippen LogP contribution in [0.5, 0.6) is 0 Å². The number of aryl methyl sites for hydroxylation is 1. The number of aromatic nitrogens is 1. The number of halogens is 1. The molecule has 0 N–H and O–H groups in total. The van der Waals surface area contributed by atoms with E-state index in [-0.39, 0.29) is 0 Å². The number of benzene rings is 2. The van der Waals surface area contributed by atoms with E-state index in [1.165, 1.54) is 0 Å². The summed E-state index contributed by atoms with van der Waals surface area (Å²) in [6.07, 6.45) is 0. The van der Waals surface area contributed by atoms with Gasteiger partial charge in [-0.05, 0) is 37.3 Å². The van der Waals surface area contributed by atoms with E-state index in [0.717, 1.165) is 20.9 Å². The summed E-state index contributed by atoms with van der Waals surface area (Å²) >= 11 is 7.63. The zero-order valence-electron chi connectivity index (χ0n) is 14.2. The molecule has 0 bridgehead atoms. The number of hydrogen-bond donors (Lipinski definition) is 0. The number of nitrogens with zero attached hydrogens (tertiary/aromatic N) is 3. The van der Waals surface area contributed by atoms with E-state index in [0.29, 0.717) is 36.1 Å². The Kier molecular flexibility index (Phi) is 4.64. The summed E-state index contributed by atoms with van der Waals surface area (Å²) in [5.74, 6) is 0. The van der Waals surface area contributed by atoms with E-state index >= 15 is 0 Å². The van der Waals surface area contributed by atoms with Gasteiger partial charge in [0.1, 0.15) is 0 Å². The minimum Gasteiger partial charge on any atom is -0.345 e. The average Bonchev–Trinajstić information content (AvgIpc) is 3.05. The van der Waals surface area contributed by atoms with Crippen LogP contribution in [0.2, 0.25) is 5.02 Å². The molecule has 0 atom stereocenters. The molecule has 1 aliphatic heterocycles. The molecule has 0 saturated carbocycles.